The van der Waals surface area contributed by atoms with Crippen LogP contribution >= 0.6 is 15.9 Å². The van der Waals surface area contributed by atoms with Gasteiger partial charge in [-0.1, -0.05) is 5.92 Å². The zero-order chi connectivity index (χ0) is 11.4. The van der Waals surface area contributed by atoms with Crippen LogP contribution in [-0.2, 0) is 0 Å². The largest absolute Gasteiger partial charge is 0.331 e. The Kier molecular flexibility index (Phi) is 3.87. The van der Waals surface area contributed by atoms with E-state index in [0.717, 1.165) is 0 Å². The van der Waals surface area contributed by atoms with Crippen LogP contribution in [0.1, 0.15) is 10.4 Å². The monoisotopic (exact) mass is 269 g/mol. The second kappa shape index (κ2) is 4.94. The molecular formula is C11H9BrFNO. The molecule has 0 spiro atoms. The van der Waals surface area contributed by atoms with Crippen LogP contribution in [-0.4, -0.2) is 24.4 Å². The number of carbonyl (C=O) groups excluding carboxylic acids is 1. The predicted octanol–water partition coefficient (Wildman–Crippen LogP) is 2.29. The van der Waals surface area contributed by atoms with Crippen molar-refractivity contribution in [1.82, 2.24) is 4.90 Å². The Labute approximate surface area is 96.2 Å². The second-order valence-electron chi connectivity index (χ2n) is 2.99. The van der Waals surface area contributed by atoms with Gasteiger partial charge in [-0.25, -0.2) is 4.39 Å². The van der Waals surface area contributed by atoms with Crippen LogP contribution in [0.25, 0.3) is 0 Å². The summed E-state index contributed by atoms with van der Waals surface area (Å²) in [6.45, 7) is 0.205. The molecule has 0 radical (unpaired) electrons. The van der Waals surface area contributed by atoms with Crippen molar-refractivity contribution in [2.45, 2.75) is 0 Å². The fraction of sp³-hybridized carbons (Fsp3) is 0.182. The van der Waals surface area contributed by atoms with E-state index in [1.54, 1.807) is 13.1 Å². The van der Waals surface area contributed by atoms with E-state index < -0.39 is 5.82 Å². The number of amides is 1. The summed E-state index contributed by atoms with van der Waals surface area (Å²) in [7, 11) is 1.57. The maximum Gasteiger partial charge on any atom is 0.254 e. The predicted molar refractivity (Wildman–Crippen MR) is 59.9 cm³/mol. The minimum atomic E-state index is -0.463. The number of halogens is 2. The fourth-order valence-electron chi connectivity index (χ4n) is 1.06. The van der Waals surface area contributed by atoms with Gasteiger partial charge in [-0.05, 0) is 34.1 Å². The van der Waals surface area contributed by atoms with Crippen molar-refractivity contribution in [3.8, 4) is 12.3 Å². The van der Waals surface area contributed by atoms with Crippen molar-refractivity contribution in [3.63, 3.8) is 0 Å². The summed E-state index contributed by atoms with van der Waals surface area (Å²) in [5, 5.41) is 0. The molecule has 0 saturated heterocycles. The van der Waals surface area contributed by atoms with Gasteiger partial charge >= 0.3 is 0 Å². The molecule has 0 N–H and O–H groups in total. The highest BCUT2D eigenvalue weighted by Gasteiger charge is 2.12. The lowest BCUT2D eigenvalue weighted by Gasteiger charge is -2.13. The Morgan fingerprint density at radius 1 is 1.67 bits per heavy atom. The van der Waals surface area contributed by atoms with Gasteiger partial charge in [0.15, 0.2) is 0 Å². The van der Waals surface area contributed by atoms with Crippen molar-refractivity contribution in [1.29, 1.82) is 0 Å². The summed E-state index contributed by atoms with van der Waals surface area (Å²) in [5.41, 5.74) is 0.286. The van der Waals surface area contributed by atoms with Crippen LogP contribution in [0.15, 0.2) is 22.7 Å². The van der Waals surface area contributed by atoms with Gasteiger partial charge < -0.3 is 4.90 Å². The molecule has 0 aliphatic heterocycles. The fourth-order valence-corrected chi connectivity index (χ4v) is 1.30. The average molecular weight is 270 g/mol. The van der Waals surface area contributed by atoms with Crippen LogP contribution in [0.2, 0.25) is 0 Å². The number of hydrogen-bond acceptors (Lipinski definition) is 1. The summed E-state index contributed by atoms with van der Waals surface area (Å²) in [6, 6.07) is 4.22. The van der Waals surface area contributed by atoms with E-state index in [-0.39, 0.29) is 18.0 Å². The molecule has 0 saturated carbocycles. The molecule has 4 heteroatoms. The Morgan fingerprint density at radius 3 is 2.87 bits per heavy atom. The van der Waals surface area contributed by atoms with Gasteiger partial charge in [-0.3, -0.25) is 4.79 Å². The molecule has 0 fully saturated rings. The maximum absolute atomic E-state index is 13.1. The standard InChI is InChI=1S/C11H9BrFNO/c1-3-6-14(2)11(15)8-4-5-9(12)10(13)7-8/h1,4-5,7H,6H2,2H3. The van der Waals surface area contributed by atoms with Crippen LogP contribution < -0.4 is 0 Å². The zero-order valence-electron chi connectivity index (χ0n) is 8.13. The number of nitrogens with zero attached hydrogens (tertiary/aromatic N) is 1. The molecule has 0 unspecified atom stereocenters. The molecule has 0 aliphatic carbocycles. The van der Waals surface area contributed by atoms with E-state index in [4.69, 9.17) is 6.42 Å². The smallest absolute Gasteiger partial charge is 0.254 e. The van der Waals surface area contributed by atoms with Gasteiger partial charge in [0.2, 0.25) is 0 Å². The zero-order valence-corrected chi connectivity index (χ0v) is 9.71. The molecule has 0 bridgehead atoms. The van der Waals surface area contributed by atoms with Crippen molar-refractivity contribution >= 4 is 21.8 Å². The van der Waals surface area contributed by atoms with Crippen molar-refractivity contribution in [2.75, 3.05) is 13.6 Å². The summed E-state index contributed by atoms with van der Waals surface area (Å²) in [5.74, 6) is 1.59. The lowest BCUT2D eigenvalue weighted by molar-refractivity contribution is 0.0812. The molecule has 2 nitrogen and oxygen atoms in total. The third-order valence-electron chi connectivity index (χ3n) is 1.84. The van der Waals surface area contributed by atoms with Gasteiger partial charge in [0.05, 0.1) is 11.0 Å². The highest BCUT2D eigenvalue weighted by atomic mass is 79.9. The van der Waals surface area contributed by atoms with Crippen LogP contribution in [0.5, 0.6) is 0 Å². The highest BCUT2D eigenvalue weighted by Crippen LogP contribution is 2.17. The molecule has 1 aromatic rings. The van der Waals surface area contributed by atoms with E-state index >= 15 is 0 Å². The third kappa shape index (κ3) is 2.80. The number of carbonyl (C=O) groups is 1. The van der Waals surface area contributed by atoms with Crippen molar-refractivity contribution in [3.05, 3.63) is 34.1 Å². The van der Waals surface area contributed by atoms with Gasteiger partial charge in [0.25, 0.3) is 5.91 Å². The lowest BCUT2D eigenvalue weighted by atomic mass is 10.2. The molecule has 1 rings (SSSR count). The maximum atomic E-state index is 13.1. The Morgan fingerprint density at radius 2 is 2.33 bits per heavy atom. The summed E-state index contributed by atoms with van der Waals surface area (Å²) >= 11 is 3.01. The molecule has 0 atom stereocenters. The van der Waals surface area contributed by atoms with Crippen molar-refractivity contribution in [2.24, 2.45) is 0 Å². The molecule has 1 amide bonds. The van der Waals surface area contributed by atoms with E-state index in [1.165, 1.54) is 17.0 Å². The molecule has 0 aromatic heterocycles. The minimum absolute atomic E-state index is 0.205. The topological polar surface area (TPSA) is 20.3 Å². The average Bonchev–Trinajstić information content (AvgIpc) is 2.21. The van der Waals surface area contributed by atoms with Gasteiger partial charge in [-0.2, -0.15) is 0 Å². The van der Waals surface area contributed by atoms with Crippen molar-refractivity contribution < 1.29 is 9.18 Å². The summed E-state index contributed by atoms with van der Waals surface area (Å²) < 4.78 is 13.5. The number of hydrogen-bond donors (Lipinski definition) is 0. The highest BCUT2D eigenvalue weighted by molar-refractivity contribution is 9.10. The van der Waals surface area contributed by atoms with Gasteiger partial charge in [0.1, 0.15) is 5.82 Å². The van der Waals surface area contributed by atoms with Gasteiger partial charge in [0, 0.05) is 12.6 Å². The summed E-state index contributed by atoms with van der Waals surface area (Å²) in [4.78, 5) is 13.0. The first-order valence-electron chi connectivity index (χ1n) is 4.20. The molecule has 1 aromatic carbocycles. The Balaban J connectivity index is 2.93. The van der Waals surface area contributed by atoms with E-state index in [9.17, 15) is 9.18 Å². The molecule has 15 heavy (non-hydrogen) atoms. The quantitative estimate of drug-likeness (QED) is 0.755. The first-order valence-corrected chi connectivity index (χ1v) is 4.99. The van der Waals surface area contributed by atoms with E-state index in [2.05, 4.69) is 21.9 Å². The number of rotatable bonds is 2. The molecule has 0 aliphatic rings. The SMILES string of the molecule is C#CCN(C)C(=O)c1ccc(Br)c(F)c1. The molecule has 78 valence electrons. The first kappa shape index (κ1) is 11.7. The van der Waals surface area contributed by atoms with Crippen LogP contribution in [0.3, 0.4) is 0 Å². The summed E-state index contributed by atoms with van der Waals surface area (Å²) in [6.07, 6.45) is 5.07. The molecular weight excluding hydrogens is 261 g/mol. The van der Waals surface area contributed by atoms with Crippen LogP contribution in [0.4, 0.5) is 4.39 Å². The molecule has 0 heterocycles. The first-order chi connectivity index (χ1) is 7.06. The minimum Gasteiger partial charge on any atom is -0.331 e. The van der Waals surface area contributed by atoms with Crippen LogP contribution in [0, 0.1) is 18.2 Å². The Hall–Kier alpha value is -1.34. The number of terminal acetylenes is 1. The second-order valence-corrected chi connectivity index (χ2v) is 3.85. The van der Waals surface area contributed by atoms with E-state index in [0.29, 0.717) is 4.47 Å². The van der Waals surface area contributed by atoms with Gasteiger partial charge in [-0.15, -0.1) is 6.42 Å². The third-order valence-corrected chi connectivity index (χ3v) is 2.48. The lowest BCUT2D eigenvalue weighted by Crippen LogP contribution is -2.26. The normalized spacial score (nSPS) is 9.47. The van der Waals surface area contributed by atoms with E-state index in [1.807, 2.05) is 0 Å². The Bertz CT molecular complexity index is 425. The number of benzene rings is 1.